The number of thiophene rings is 1. The van der Waals surface area contributed by atoms with Gasteiger partial charge in [0.25, 0.3) is 0 Å². The number of aromatic nitrogens is 2. The van der Waals surface area contributed by atoms with Crippen LogP contribution in [0, 0.1) is 0 Å². The number of nitrogens with two attached hydrogens (primary N) is 1. The Morgan fingerprint density at radius 2 is 2.33 bits per heavy atom. The van der Waals surface area contributed by atoms with Gasteiger partial charge in [0.15, 0.2) is 0 Å². The molecule has 18 heavy (non-hydrogen) atoms. The van der Waals surface area contributed by atoms with Gasteiger partial charge in [-0.25, -0.2) is 15.8 Å². The molecule has 1 fully saturated rings. The molecule has 2 heterocycles. The van der Waals surface area contributed by atoms with Crippen molar-refractivity contribution in [1.29, 1.82) is 0 Å². The molecule has 0 atom stereocenters. The smallest absolute Gasteiger partial charge is 0.145 e. The maximum atomic E-state index is 5.39. The second-order valence-corrected chi connectivity index (χ2v) is 5.18. The van der Waals surface area contributed by atoms with E-state index in [1.165, 1.54) is 18.4 Å². The predicted octanol–water partition coefficient (Wildman–Crippen LogP) is 1.99. The van der Waals surface area contributed by atoms with Crippen LogP contribution in [0.1, 0.15) is 18.4 Å². The Bertz CT molecular complexity index is 509. The van der Waals surface area contributed by atoms with Crippen LogP contribution in [0.3, 0.4) is 0 Å². The van der Waals surface area contributed by atoms with Crippen LogP contribution in [0.2, 0.25) is 0 Å². The van der Waals surface area contributed by atoms with Gasteiger partial charge >= 0.3 is 0 Å². The molecule has 0 amide bonds. The zero-order valence-corrected chi connectivity index (χ0v) is 10.7. The fourth-order valence-electron chi connectivity index (χ4n) is 1.95. The van der Waals surface area contributed by atoms with Crippen LogP contribution < -0.4 is 16.2 Å². The molecule has 0 radical (unpaired) electrons. The average Bonchev–Trinajstić information content (AvgIpc) is 3.13. The van der Waals surface area contributed by atoms with Gasteiger partial charge in [0.05, 0.1) is 0 Å². The van der Waals surface area contributed by atoms with Crippen LogP contribution in [-0.2, 0) is 6.54 Å². The second-order valence-electron chi connectivity index (χ2n) is 4.40. The summed E-state index contributed by atoms with van der Waals surface area (Å²) in [7, 11) is 0. The summed E-state index contributed by atoms with van der Waals surface area (Å²) < 4.78 is 0. The summed E-state index contributed by atoms with van der Waals surface area (Å²) in [5.41, 5.74) is 3.89. The van der Waals surface area contributed by atoms with Crippen molar-refractivity contribution in [3.8, 4) is 0 Å². The summed E-state index contributed by atoms with van der Waals surface area (Å²) in [6.45, 7) is 0.898. The highest BCUT2D eigenvalue weighted by atomic mass is 32.1. The third-order valence-corrected chi connectivity index (χ3v) is 3.75. The number of nitrogens with one attached hydrogen (secondary N) is 1. The van der Waals surface area contributed by atoms with Gasteiger partial charge in [-0.1, -0.05) is 0 Å². The highest BCUT2D eigenvalue weighted by molar-refractivity contribution is 7.07. The number of hydrogen-bond acceptors (Lipinski definition) is 6. The maximum absolute atomic E-state index is 5.39. The lowest BCUT2D eigenvalue weighted by molar-refractivity contribution is 0.777. The van der Waals surface area contributed by atoms with Gasteiger partial charge in [-0.05, 0) is 35.2 Å². The van der Waals surface area contributed by atoms with E-state index in [0.29, 0.717) is 11.9 Å². The summed E-state index contributed by atoms with van der Waals surface area (Å²) >= 11 is 1.72. The van der Waals surface area contributed by atoms with Gasteiger partial charge in [0.2, 0.25) is 0 Å². The van der Waals surface area contributed by atoms with Crippen LogP contribution in [0.5, 0.6) is 0 Å². The van der Waals surface area contributed by atoms with Gasteiger partial charge in [-0.2, -0.15) is 11.3 Å². The Morgan fingerprint density at radius 1 is 1.44 bits per heavy atom. The Labute approximate surface area is 110 Å². The zero-order valence-electron chi connectivity index (χ0n) is 9.91. The molecule has 0 saturated heterocycles. The molecule has 94 valence electrons. The van der Waals surface area contributed by atoms with E-state index in [4.69, 9.17) is 5.84 Å². The molecule has 5 nitrogen and oxygen atoms in total. The number of rotatable bonds is 5. The molecule has 3 N–H and O–H groups in total. The van der Waals surface area contributed by atoms with Crippen LogP contribution in [0.25, 0.3) is 0 Å². The zero-order chi connectivity index (χ0) is 12.4. The quantitative estimate of drug-likeness (QED) is 0.636. The van der Waals surface area contributed by atoms with Crippen molar-refractivity contribution in [3.05, 3.63) is 34.8 Å². The number of anilines is 2. The minimum absolute atomic E-state index is 0.602. The Hall–Kier alpha value is -1.66. The Kier molecular flexibility index (Phi) is 3.12. The van der Waals surface area contributed by atoms with Gasteiger partial charge in [0.1, 0.15) is 18.0 Å². The van der Waals surface area contributed by atoms with Crippen LogP contribution in [-0.4, -0.2) is 16.0 Å². The molecule has 0 bridgehead atoms. The topological polar surface area (TPSA) is 67.1 Å². The van der Waals surface area contributed by atoms with Gasteiger partial charge in [0, 0.05) is 18.7 Å². The van der Waals surface area contributed by atoms with Crippen molar-refractivity contribution in [1.82, 2.24) is 9.97 Å². The van der Waals surface area contributed by atoms with Crippen molar-refractivity contribution in [3.63, 3.8) is 0 Å². The molecule has 0 unspecified atom stereocenters. The first-order chi connectivity index (χ1) is 8.86. The van der Waals surface area contributed by atoms with Gasteiger partial charge in [-0.3, -0.25) is 0 Å². The number of nitrogens with zero attached hydrogens (tertiary/aromatic N) is 3. The van der Waals surface area contributed by atoms with E-state index in [1.54, 1.807) is 17.7 Å². The predicted molar refractivity (Wildman–Crippen MR) is 73.4 cm³/mol. The lowest BCUT2D eigenvalue weighted by Gasteiger charge is -2.23. The molecule has 6 heteroatoms. The number of nitrogen functional groups attached to an aromatic ring is 1. The van der Waals surface area contributed by atoms with Crippen molar-refractivity contribution >= 4 is 23.0 Å². The normalized spacial score (nSPS) is 14.5. The van der Waals surface area contributed by atoms with E-state index in [0.717, 1.165) is 12.4 Å². The standard InChI is InChI=1S/C12H15N5S/c13-16-11-5-12(15-8-14-11)17(10-1-2-10)6-9-3-4-18-7-9/h3-5,7-8,10H,1-2,6,13H2,(H,14,15,16). The Balaban J connectivity index is 1.84. The summed E-state index contributed by atoms with van der Waals surface area (Å²) in [6, 6.07) is 4.65. The molecule has 2 aromatic rings. The molecule has 0 aliphatic heterocycles. The molecular weight excluding hydrogens is 246 g/mol. The van der Waals surface area contributed by atoms with Crippen molar-refractivity contribution < 1.29 is 0 Å². The molecular formula is C12H15N5S. The molecule has 3 rings (SSSR count). The average molecular weight is 261 g/mol. The third kappa shape index (κ3) is 2.44. The summed E-state index contributed by atoms with van der Waals surface area (Å²) in [5, 5.41) is 4.28. The number of hydrazine groups is 1. The van der Waals surface area contributed by atoms with E-state index in [1.807, 2.05) is 6.07 Å². The van der Waals surface area contributed by atoms with Crippen LogP contribution in [0.15, 0.2) is 29.2 Å². The molecule has 1 saturated carbocycles. The van der Waals surface area contributed by atoms with E-state index < -0.39 is 0 Å². The molecule has 1 aliphatic rings. The number of hydrogen-bond donors (Lipinski definition) is 2. The highest BCUT2D eigenvalue weighted by Crippen LogP contribution is 2.32. The van der Waals surface area contributed by atoms with Crippen LogP contribution >= 0.6 is 11.3 Å². The first-order valence-electron chi connectivity index (χ1n) is 5.93. The van der Waals surface area contributed by atoms with E-state index in [9.17, 15) is 0 Å². The van der Waals surface area contributed by atoms with Gasteiger partial charge < -0.3 is 10.3 Å². The largest absolute Gasteiger partial charge is 0.349 e. The monoisotopic (exact) mass is 261 g/mol. The summed E-state index contributed by atoms with van der Waals surface area (Å²) in [4.78, 5) is 10.7. The van der Waals surface area contributed by atoms with Crippen LogP contribution in [0.4, 0.5) is 11.6 Å². The van der Waals surface area contributed by atoms with E-state index in [-0.39, 0.29) is 0 Å². The van der Waals surface area contributed by atoms with Crippen molar-refractivity contribution in [2.24, 2.45) is 5.84 Å². The lowest BCUT2D eigenvalue weighted by Crippen LogP contribution is -2.26. The highest BCUT2D eigenvalue weighted by Gasteiger charge is 2.30. The lowest BCUT2D eigenvalue weighted by atomic mass is 10.3. The molecule has 0 aromatic carbocycles. The van der Waals surface area contributed by atoms with E-state index >= 15 is 0 Å². The molecule has 1 aliphatic carbocycles. The first-order valence-corrected chi connectivity index (χ1v) is 6.87. The van der Waals surface area contributed by atoms with Gasteiger partial charge in [-0.15, -0.1) is 0 Å². The summed E-state index contributed by atoms with van der Waals surface area (Å²) in [6.07, 6.45) is 4.02. The fourth-order valence-corrected chi connectivity index (χ4v) is 2.61. The second kappa shape index (κ2) is 4.91. The van der Waals surface area contributed by atoms with E-state index in [2.05, 4.69) is 37.1 Å². The minimum Gasteiger partial charge on any atom is -0.349 e. The van der Waals surface area contributed by atoms with Crippen molar-refractivity contribution in [2.75, 3.05) is 10.3 Å². The minimum atomic E-state index is 0.602. The molecule has 0 spiro atoms. The fraction of sp³-hybridized carbons (Fsp3) is 0.333. The third-order valence-electron chi connectivity index (χ3n) is 3.02. The maximum Gasteiger partial charge on any atom is 0.145 e. The Morgan fingerprint density at radius 3 is 3.00 bits per heavy atom. The van der Waals surface area contributed by atoms with Crippen molar-refractivity contribution in [2.45, 2.75) is 25.4 Å². The SMILES string of the molecule is NNc1cc(N(Cc2ccsc2)C2CC2)ncn1. The molecule has 2 aromatic heterocycles. The summed E-state index contributed by atoms with van der Waals surface area (Å²) in [5.74, 6) is 6.98. The first kappa shape index (κ1) is 11.4.